The quantitative estimate of drug-likeness (QED) is 0.241. The highest BCUT2D eigenvalue weighted by atomic mass is 35.5. The van der Waals surface area contributed by atoms with Crippen LogP contribution in [0.5, 0.6) is 0 Å². The summed E-state index contributed by atoms with van der Waals surface area (Å²) >= 11 is 5.17. The van der Waals surface area contributed by atoms with Crippen molar-refractivity contribution in [2.24, 2.45) is 0 Å². The summed E-state index contributed by atoms with van der Waals surface area (Å²) in [5.41, 5.74) is -3.33. The van der Waals surface area contributed by atoms with Gasteiger partial charge in [-0.05, 0) is 17.7 Å². The first-order valence-electron chi connectivity index (χ1n) is 5.83. The lowest BCUT2D eigenvalue weighted by Gasteiger charge is -2.32. The molecule has 0 bridgehead atoms. The van der Waals surface area contributed by atoms with E-state index in [4.69, 9.17) is 16.7 Å². The van der Waals surface area contributed by atoms with E-state index in [9.17, 15) is 34.5 Å². The van der Waals surface area contributed by atoms with Crippen LogP contribution in [0.15, 0.2) is 11.6 Å². The summed E-state index contributed by atoms with van der Waals surface area (Å²) in [6, 6.07) is 0. The number of hydrogen-bond donors (Lipinski definition) is 4. The second-order valence-corrected chi connectivity index (χ2v) is 4.98. The zero-order valence-electron chi connectivity index (χ0n) is 10.7. The number of aliphatic hydroxyl groups is 4. The van der Waals surface area contributed by atoms with Gasteiger partial charge in [-0.3, -0.25) is 19.2 Å². The van der Waals surface area contributed by atoms with E-state index in [0.29, 0.717) is 0 Å². The summed E-state index contributed by atoms with van der Waals surface area (Å²) in [4.78, 5) is 45.4. The summed E-state index contributed by atoms with van der Waals surface area (Å²) in [7, 11) is 0. The Hall–Kier alpha value is -1.45. The normalized spacial score (nSPS) is 21.6. The highest BCUT2D eigenvalue weighted by Gasteiger charge is 2.47. The predicted molar refractivity (Wildman–Crippen MR) is 67.2 cm³/mol. The minimum atomic E-state index is -2.83. The van der Waals surface area contributed by atoms with Crippen molar-refractivity contribution in [1.82, 2.24) is 0 Å². The maximum absolute atomic E-state index is 11.6. The molecule has 0 saturated carbocycles. The number of halogens is 1. The summed E-state index contributed by atoms with van der Waals surface area (Å²) in [5.74, 6) is -2.80. The Morgan fingerprint density at radius 2 is 1.90 bits per heavy atom. The fourth-order valence-corrected chi connectivity index (χ4v) is 2.04. The van der Waals surface area contributed by atoms with Gasteiger partial charge in [-0.15, -0.1) is 0 Å². The average Bonchev–Trinajstić information content (AvgIpc) is 2.42. The summed E-state index contributed by atoms with van der Waals surface area (Å²) in [6.07, 6.45) is -4.91. The number of hydrogen-bond acceptors (Lipinski definition) is 8. The van der Waals surface area contributed by atoms with E-state index in [0.717, 1.165) is 6.08 Å². The smallest absolute Gasteiger partial charge is 0.256 e. The maximum atomic E-state index is 11.6. The molecule has 4 N–H and O–H groups in total. The van der Waals surface area contributed by atoms with Gasteiger partial charge in [-0.1, -0.05) is 0 Å². The molecule has 1 rings (SSSR count). The predicted octanol–water partition coefficient (Wildman–Crippen LogP) is -2.38. The van der Waals surface area contributed by atoms with Crippen molar-refractivity contribution in [2.45, 2.75) is 30.7 Å². The fourth-order valence-electron chi connectivity index (χ4n) is 1.86. The first kappa shape index (κ1) is 17.6. The highest BCUT2D eigenvalue weighted by Crippen LogP contribution is 2.28. The van der Waals surface area contributed by atoms with Crippen LogP contribution >= 0.6 is 11.6 Å². The summed E-state index contributed by atoms with van der Waals surface area (Å²) < 4.78 is 0. The van der Waals surface area contributed by atoms with Crippen LogP contribution in [-0.2, 0) is 19.2 Å². The van der Waals surface area contributed by atoms with E-state index in [1.54, 1.807) is 0 Å². The fraction of sp³-hybridized carbons (Fsp3) is 0.500. The third kappa shape index (κ3) is 3.60. The minimum absolute atomic E-state index is 0.503. The monoisotopic (exact) mass is 320 g/mol. The molecule has 0 fully saturated rings. The van der Waals surface area contributed by atoms with Crippen molar-refractivity contribution in [1.29, 1.82) is 0 Å². The van der Waals surface area contributed by atoms with Crippen molar-refractivity contribution in [3.05, 3.63) is 11.6 Å². The molecule has 0 spiro atoms. The molecule has 0 radical (unpaired) electrons. The molecule has 0 heterocycles. The van der Waals surface area contributed by atoms with Gasteiger partial charge in [0.15, 0.2) is 11.4 Å². The van der Waals surface area contributed by atoms with Gasteiger partial charge in [-0.2, -0.15) is 0 Å². The van der Waals surface area contributed by atoms with Crippen molar-refractivity contribution in [2.75, 3.05) is 6.61 Å². The van der Waals surface area contributed by atoms with Crippen molar-refractivity contribution in [3.63, 3.8) is 0 Å². The maximum Gasteiger partial charge on any atom is 0.256 e. The molecule has 0 aromatic carbocycles. The Kier molecular flexibility index (Phi) is 5.48. The van der Waals surface area contributed by atoms with Crippen LogP contribution < -0.4 is 0 Å². The van der Waals surface area contributed by atoms with Crippen molar-refractivity contribution >= 4 is 34.2 Å². The SMILES string of the molecule is O=C1C=C(C[C@@](O)(C(=O)Cl)[C@H](O)[C@H](O)CO)C(=O)C(=O)C1. The molecule has 0 aliphatic heterocycles. The number of ketones is 3. The Morgan fingerprint density at radius 3 is 2.38 bits per heavy atom. The lowest BCUT2D eigenvalue weighted by atomic mass is 9.82. The van der Waals surface area contributed by atoms with Crippen LogP contribution in [0, 0.1) is 0 Å². The second kappa shape index (κ2) is 6.54. The van der Waals surface area contributed by atoms with Crippen LogP contribution in [0.25, 0.3) is 0 Å². The lowest BCUT2D eigenvalue weighted by molar-refractivity contribution is -0.158. The summed E-state index contributed by atoms with van der Waals surface area (Å²) in [5, 5.41) is 36.3. The zero-order chi connectivity index (χ0) is 16.4. The molecule has 8 nitrogen and oxygen atoms in total. The standard InChI is InChI=1S/C12H13ClO8/c13-11(20)12(21,10(19)8(17)4-14)3-5-1-6(15)2-7(16)9(5)18/h1,8,10,14,17,19,21H,2-4H2/t8-,10-,12+/m1/s1. The first-order valence-corrected chi connectivity index (χ1v) is 6.21. The molecular weight excluding hydrogens is 308 g/mol. The molecule has 9 heteroatoms. The molecule has 1 aliphatic carbocycles. The molecule has 116 valence electrons. The molecule has 1 aliphatic rings. The van der Waals surface area contributed by atoms with Gasteiger partial charge in [0.2, 0.25) is 11.6 Å². The molecule has 0 aromatic heterocycles. The number of carbonyl (C=O) groups is 4. The average molecular weight is 321 g/mol. The topological polar surface area (TPSA) is 149 Å². The molecular formula is C12H13ClO8. The number of aliphatic hydroxyl groups excluding tert-OH is 3. The van der Waals surface area contributed by atoms with E-state index in [2.05, 4.69) is 0 Å². The number of carbonyl (C=O) groups excluding carboxylic acids is 4. The second-order valence-electron chi connectivity index (χ2n) is 4.63. The number of Topliss-reactive ketones (excluding diaryl/α,β-unsaturated/α-hetero) is 2. The number of rotatable bonds is 6. The summed E-state index contributed by atoms with van der Waals surface area (Å²) in [6.45, 7) is -0.988. The van der Waals surface area contributed by atoms with Crippen molar-refractivity contribution < 1.29 is 39.6 Å². The third-order valence-corrected chi connectivity index (χ3v) is 3.38. The van der Waals surface area contributed by atoms with E-state index < -0.39 is 65.4 Å². The molecule has 0 amide bonds. The van der Waals surface area contributed by atoms with E-state index in [1.807, 2.05) is 0 Å². The van der Waals surface area contributed by atoms with E-state index in [1.165, 1.54) is 0 Å². The molecule has 0 aromatic rings. The third-order valence-electron chi connectivity index (χ3n) is 3.06. The van der Waals surface area contributed by atoms with Crippen LogP contribution in [0.1, 0.15) is 12.8 Å². The van der Waals surface area contributed by atoms with Gasteiger partial charge in [0.05, 0.1) is 13.0 Å². The Morgan fingerprint density at radius 1 is 1.33 bits per heavy atom. The Labute approximate surface area is 123 Å². The van der Waals surface area contributed by atoms with Gasteiger partial charge in [0.25, 0.3) is 5.24 Å². The molecule has 3 atom stereocenters. The van der Waals surface area contributed by atoms with Gasteiger partial charge in [0.1, 0.15) is 12.2 Å². The van der Waals surface area contributed by atoms with Gasteiger partial charge < -0.3 is 20.4 Å². The highest BCUT2D eigenvalue weighted by molar-refractivity contribution is 6.65. The van der Waals surface area contributed by atoms with Gasteiger partial charge in [-0.25, -0.2) is 0 Å². The minimum Gasteiger partial charge on any atom is -0.394 e. The lowest BCUT2D eigenvalue weighted by Crippen LogP contribution is -2.55. The largest absolute Gasteiger partial charge is 0.394 e. The van der Waals surface area contributed by atoms with Crippen LogP contribution in [0.3, 0.4) is 0 Å². The zero-order valence-corrected chi connectivity index (χ0v) is 11.4. The van der Waals surface area contributed by atoms with Crippen molar-refractivity contribution in [3.8, 4) is 0 Å². The molecule has 0 saturated heterocycles. The van der Waals surface area contributed by atoms with E-state index in [-0.39, 0.29) is 0 Å². The first-order chi connectivity index (χ1) is 9.63. The molecule has 0 unspecified atom stereocenters. The van der Waals surface area contributed by atoms with Gasteiger partial charge >= 0.3 is 0 Å². The van der Waals surface area contributed by atoms with Crippen LogP contribution in [0.2, 0.25) is 0 Å². The van der Waals surface area contributed by atoms with E-state index >= 15 is 0 Å². The van der Waals surface area contributed by atoms with Crippen LogP contribution in [0.4, 0.5) is 0 Å². The van der Waals surface area contributed by atoms with Crippen LogP contribution in [-0.4, -0.2) is 67.4 Å². The Bertz CT molecular complexity index is 525. The Balaban J connectivity index is 3.14. The number of allylic oxidation sites excluding steroid dienone is 1. The van der Waals surface area contributed by atoms with Gasteiger partial charge in [0, 0.05) is 12.0 Å². The molecule has 21 heavy (non-hydrogen) atoms.